The highest BCUT2D eigenvalue weighted by atomic mass is 35.5. The van der Waals surface area contributed by atoms with Crippen LogP contribution in [0.25, 0.3) is 5.69 Å². The van der Waals surface area contributed by atoms with E-state index in [1.165, 1.54) is 12.7 Å². The number of hydrogen-bond acceptors (Lipinski definition) is 4. The molecule has 0 bridgehead atoms. The van der Waals surface area contributed by atoms with Gasteiger partial charge in [-0.05, 0) is 86.6 Å². The Morgan fingerprint density at radius 1 is 1.10 bits per heavy atom. The summed E-state index contributed by atoms with van der Waals surface area (Å²) in [6.45, 7) is 6.34. The third-order valence-electron chi connectivity index (χ3n) is 7.02. The number of rotatable bonds is 7. The molecule has 0 unspecified atom stereocenters. The number of ether oxygens (including phenoxy) is 1. The van der Waals surface area contributed by atoms with Crippen LogP contribution in [-0.4, -0.2) is 34.3 Å². The third-order valence-corrected chi connectivity index (χ3v) is 7.65. The number of halogens is 1. The molecule has 1 amide bonds. The van der Waals surface area contributed by atoms with Gasteiger partial charge in [0.2, 0.25) is 5.91 Å². The Morgan fingerprint density at radius 2 is 1.87 bits per heavy atom. The van der Waals surface area contributed by atoms with Gasteiger partial charge in [-0.15, -0.1) is 0 Å². The maximum absolute atomic E-state index is 12.1. The van der Waals surface area contributed by atoms with Crippen LogP contribution < -0.4 is 15.5 Å². The zero-order valence-electron chi connectivity index (χ0n) is 22.2. The summed E-state index contributed by atoms with van der Waals surface area (Å²) >= 11 is 12.5. The molecule has 2 aromatic heterocycles. The average Bonchev–Trinajstić information content (AvgIpc) is 3.41. The fourth-order valence-corrected chi connectivity index (χ4v) is 5.86. The maximum Gasteiger partial charge on any atom is 0.250 e. The van der Waals surface area contributed by atoms with Gasteiger partial charge in [0.05, 0.1) is 28.5 Å². The molecule has 4 aromatic rings. The molecule has 0 spiro atoms. The molecule has 39 heavy (non-hydrogen) atoms. The predicted molar refractivity (Wildman–Crippen MR) is 160 cm³/mol. The molecule has 1 aliphatic heterocycles. The van der Waals surface area contributed by atoms with E-state index in [-0.39, 0.29) is 24.6 Å². The molecular formula is C30H30ClN5O2S. The quantitative estimate of drug-likeness (QED) is 0.262. The molecule has 1 fully saturated rings. The molecule has 5 rings (SSSR count). The number of nitrogens with one attached hydrogen (secondary N) is 2. The van der Waals surface area contributed by atoms with Gasteiger partial charge in [0.15, 0.2) is 5.11 Å². The summed E-state index contributed by atoms with van der Waals surface area (Å²) in [5, 5.41) is 7.28. The summed E-state index contributed by atoms with van der Waals surface area (Å²) in [5.41, 5.74) is 7.94. The Hall–Kier alpha value is -3.72. The standard InChI is InChI=1S/C30H30ClN5O2S/c1-18-9-5-6-11-26(18)35-19(2)15-22(20(35)3)29-28(25-10-7-8-14-32-25)34-30(39)36(29)21-12-13-24(23(31)16-21)33-27(37)17-38-4/h5-16,28-29H,17H2,1-4H3,(H,33,37)(H,34,39)/t28-,29-/m0/s1. The molecule has 7 nitrogen and oxygen atoms in total. The number of carbonyl (C=O) groups excluding carboxylic acids is 1. The zero-order valence-corrected chi connectivity index (χ0v) is 23.8. The lowest BCUT2D eigenvalue weighted by molar-refractivity contribution is -0.119. The number of carbonyl (C=O) groups is 1. The minimum absolute atomic E-state index is 0.0530. The smallest absolute Gasteiger partial charge is 0.250 e. The molecule has 2 N–H and O–H groups in total. The van der Waals surface area contributed by atoms with E-state index in [1.807, 2.05) is 30.3 Å². The van der Waals surface area contributed by atoms with Crippen LogP contribution in [0.1, 0.15) is 40.3 Å². The van der Waals surface area contributed by atoms with E-state index in [0.717, 1.165) is 34.0 Å². The lowest BCUT2D eigenvalue weighted by Gasteiger charge is -2.28. The molecule has 9 heteroatoms. The number of para-hydroxylation sites is 1. The summed E-state index contributed by atoms with van der Waals surface area (Å²) in [6.07, 6.45) is 1.80. The van der Waals surface area contributed by atoms with Crippen molar-refractivity contribution in [1.29, 1.82) is 0 Å². The molecule has 0 radical (unpaired) electrons. The fraction of sp³-hybridized carbons (Fsp3) is 0.233. The third kappa shape index (κ3) is 5.15. The molecule has 200 valence electrons. The van der Waals surface area contributed by atoms with Crippen molar-refractivity contribution in [1.82, 2.24) is 14.9 Å². The molecule has 3 heterocycles. The van der Waals surface area contributed by atoms with Crippen molar-refractivity contribution in [3.05, 3.63) is 106 Å². The highest BCUT2D eigenvalue weighted by Crippen LogP contribution is 2.44. The van der Waals surface area contributed by atoms with E-state index >= 15 is 0 Å². The zero-order chi connectivity index (χ0) is 27.7. The molecule has 0 saturated carbocycles. The Bertz CT molecular complexity index is 1540. The molecule has 0 aliphatic carbocycles. The van der Waals surface area contributed by atoms with Crippen LogP contribution in [0.2, 0.25) is 5.02 Å². The van der Waals surface area contributed by atoms with E-state index in [2.05, 4.69) is 76.2 Å². The highest BCUT2D eigenvalue weighted by Gasteiger charge is 2.42. The number of aryl methyl sites for hydroxylation is 2. The first-order chi connectivity index (χ1) is 18.8. The van der Waals surface area contributed by atoms with Gasteiger partial charge in [0.1, 0.15) is 6.61 Å². The second-order valence-corrected chi connectivity index (χ2v) is 10.4. The van der Waals surface area contributed by atoms with E-state index in [4.69, 9.17) is 28.6 Å². The minimum atomic E-state index is -0.276. The summed E-state index contributed by atoms with van der Waals surface area (Å²) in [6, 6.07) is 21.7. The number of hydrogen-bond donors (Lipinski definition) is 2. The van der Waals surface area contributed by atoms with Crippen LogP contribution >= 0.6 is 23.8 Å². The van der Waals surface area contributed by atoms with Crippen molar-refractivity contribution in [2.24, 2.45) is 0 Å². The van der Waals surface area contributed by atoms with Gasteiger partial charge in [-0.1, -0.05) is 35.9 Å². The maximum atomic E-state index is 12.1. The van der Waals surface area contributed by atoms with Crippen LogP contribution in [0.15, 0.2) is 72.9 Å². The number of benzene rings is 2. The molecule has 2 aromatic carbocycles. The Morgan fingerprint density at radius 3 is 2.56 bits per heavy atom. The van der Waals surface area contributed by atoms with Crippen LogP contribution in [-0.2, 0) is 9.53 Å². The second kappa shape index (κ2) is 11.2. The number of methoxy groups -OCH3 is 1. The number of aromatic nitrogens is 2. The van der Waals surface area contributed by atoms with Crippen molar-refractivity contribution in [3.63, 3.8) is 0 Å². The van der Waals surface area contributed by atoms with Crippen LogP contribution in [0.4, 0.5) is 11.4 Å². The summed E-state index contributed by atoms with van der Waals surface area (Å²) in [4.78, 5) is 18.8. The van der Waals surface area contributed by atoms with Crippen LogP contribution in [0.3, 0.4) is 0 Å². The second-order valence-electron chi connectivity index (χ2n) is 9.59. The van der Waals surface area contributed by atoms with Crippen molar-refractivity contribution in [3.8, 4) is 5.69 Å². The number of thiocarbonyl (C=S) groups is 1. The van der Waals surface area contributed by atoms with Gasteiger partial charge >= 0.3 is 0 Å². The van der Waals surface area contributed by atoms with Gasteiger partial charge in [-0.25, -0.2) is 0 Å². The van der Waals surface area contributed by atoms with Gasteiger partial charge < -0.3 is 24.8 Å². The van der Waals surface area contributed by atoms with Gasteiger partial charge in [0.25, 0.3) is 0 Å². The van der Waals surface area contributed by atoms with Gasteiger partial charge in [-0.2, -0.15) is 0 Å². The van der Waals surface area contributed by atoms with Gasteiger partial charge in [-0.3, -0.25) is 9.78 Å². The number of nitrogens with zero attached hydrogens (tertiary/aromatic N) is 3. The first-order valence-electron chi connectivity index (χ1n) is 12.6. The number of anilines is 2. The highest BCUT2D eigenvalue weighted by molar-refractivity contribution is 7.80. The number of amides is 1. The Labute approximate surface area is 238 Å². The van der Waals surface area contributed by atoms with Crippen molar-refractivity contribution >= 4 is 46.2 Å². The van der Waals surface area contributed by atoms with E-state index in [1.54, 1.807) is 12.3 Å². The summed E-state index contributed by atoms with van der Waals surface area (Å²) < 4.78 is 7.21. The molecular weight excluding hydrogens is 530 g/mol. The summed E-state index contributed by atoms with van der Waals surface area (Å²) in [5.74, 6) is -0.276. The lowest BCUT2D eigenvalue weighted by atomic mass is 9.96. The molecule has 2 atom stereocenters. The molecule has 1 saturated heterocycles. The largest absolute Gasteiger partial charge is 0.375 e. The first-order valence-corrected chi connectivity index (χ1v) is 13.4. The minimum Gasteiger partial charge on any atom is -0.375 e. The van der Waals surface area contributed by atoms with Crippen molar-refractivity contribution in [2.75, 3.05) is 23.9 Å². The normalized spacial score (nSPS) is 16.8. The van der Waals surface area contributed by atoms with Crippen molar-refractivity contribution < 1.29 is 9.53 Å². The first kappa shape index (κ1) is 26.9. The monoisotopic (exact) mass is 559 g/mol. The van der Waals surface area contributed by atoms with Crippen molar-refractivity contribution in [2.45, 2.75) is 32.9 Å². The average molecular weight is 560 g/mol. The van der Waals surface area contributed by atoms with E-state index < -0.39 is 0 Å². The molecule has 1 aliphatic rings. The Balaban J connectivity index is 1.62. The predicted octanol–water partition coefficient (Wildman–Crippen LogP) is 6.21. The number of pyridine rings is 1. The van der Waals surface area contributed by atoms with E-state index in [9.17, 15) is 4.79 Å². The van der Waals surface area contributed by atoms with Crippen LogP contribution in [0, 0.1) is 20.8 Å². The van der Waals surface area contributed by atoms with E-state index in [0.29, 0.717) is 15.8 Å². The Kier molecular flexibility index (Phi) is 7.70. The topological polar surface area (TPSA) is 71.4 Å². The lowest BCUT2D eigenvalue weighted by Crippen LogP contribution is -2.29. The SMILES string of the molecule is COCC(=O)Nc1ccc(N2C(=S)N[C@@H](c3ccccn3)[C@@H]2c2cc(C)n(-c3ccccc3C)c2C)cc1Cl. The van der Waals surface area contributed by atoms with Crippen LogP contribution in [0.5, 0.6) is 0 Å². The summed E-state index contributed by atoms with van der Waals surface area (Å²) in [7, 11) is 1.47. The van der Waals surface area contributed by atoms with Gasteiger partial charge in [0, 0.05) is 36.1 Å². The fourth-order valence-electron chi connectivity index (χ4n) is 5.29.